The Hall–Kier alpha value is -2.44. The molecule has 0 spiro atoms. The predicted molar refractivity (Wildman–Crippen MR) is 107 cm³/mol. The lowest BCUT2D eigenvalue weighted by atomic mass is 10.1. The van der Waals surface area contributed by atoms with E-state index in [1.54, 1.807) is 12.1 Å². The number of anilines is 1. The molecule has 0 radical (unpaired) electrons. The molecular weight excluding hydrogens is 357 g/mol. The summed E-state index contributed by atoms with van der Waals surface area (Å²) < 4.78 is 18.6. The molecule has 1 fully saturated rings. The fourth-order valence-electron chi connectivity index (χ4n) is 3.85. The van der Waals surface area contributed by atoms with Gasteiger partial charge in [0.15, 0.2) is 0 Å². The molecule has 1 saturated heterocycles. The Balaban J connectivity index is 1.27. The van der Waals surface area contributed by atoms with Crippen LogP contribution < -0.4 is 10.1 Å². The summed E-state index contributed by atoms with van der Waals surface area (Å²) in [5.74, 6) is 0.659. The van der Waals surface area contributed by atoms with Crippen LogP contribution in [0.5, 0.6) is 5.75 Å². The second-order valence-electron chi connectivity index (χ2n) is 7.52. The zero-order chi connectivity index (χ0) is 19.5. The highest BCUT2D eigenvalue weighted by molar-refractivity contribution is 5.94. The summed E-state index contributed by atoms with van der Waals surface area (Å²) in [5, 5.41) is 2.87. The Morgan fingerprint density at radius 1 is 1.14 bits per heavy atom. The number of benzene rings is 2. The van der Waals surface area contributed by atoms with Gasteiger partial charge in [0, 0.05) is 44.8 Å². The molecule has 5 nitrogen and oxygen atoms in total. The van der Waals surface area contributed by atoms with Crippen LogP contribution in [0.1, 0.15) is 18.1 Å². The zero-order valence-electron chi connectivity index (χ0n) is 16.2. The van der Waals surface area contributed by atoms with Crippen LogP contribution >= 0.6 is 0 Å². The molecule has 2 aliphatic heterocycles. The van der Waals surface area contributed by atoms with Crippen molar-refractivity contribution in [1.29, 1.82) is 0 Å². The van der Waals surface area contributed by atoms with E-state index in [-0.39, 0.29) is 17.8 Å². The van der Waals surface area contributed by atoms with E-state index in [0.29, 0.717) is 5.69 Å². The SMILES string of the molecule is C[C@H](C(=O)Nc1ccc(F)cc1)N1CCN(Cc2ccc3c(c2)CCO3)CC1. The predicted octanol–water partition coefficient (Wildman–Crippen LogP) is 2.91. The molecule has 148 valence electrons. The van der Waals surface area contributed by atoms with Gasteiger partial charge in [0.25, 0.3) is 0 Å². The fraction of sp³-hybridized carbons (Fsp3) is 0.409. The minimum atomic E-state index is -0.307. The first-order valence-electron chi connectivity index (χ1n) is 9.86. The van der Waals surface area contributed by atoms with E-state index in [9.17, 15) is 9.18 Å². The summed E-state index contributed by atoms with van der Waals surface area (Å²) in [4.78, 5) is 17.1. The number of carbonyl (C=O) groups is 1. The van der Waals surface area contributed by atoms with Gasteiger partial charge in [-0.3, -0.25) is 14.6 Å². The highest BCUT2D eigenvalue weighted by atomic mass is 19.1. The van der Waals surface area contributed by atoms with Gasteiger partial charge >= 0.3 is 0 Å². The number of nitrogens with zero attached hydrogens (tertiary/aromatic N) is 2. The number of fused-ring (bicyclic) bond motifs is 1. The van der Waals surface area contributed by atoms with Gasteiger partial charge in [0.1, 0.15) is 11.6 Å². The van der Waals surface area contributed by atoms with Crippen molar-refractivity contribution in [2.24, 2.45) is 0 Å². The van der Waals surface area contributed by atoms with Crippen molar-refractivity contribution in [3.8, 4) is 5.75 Å². The molecule has 4 rings (SSSR count). The van der Waals surface area contributed by atoms with Crippen LogP contribution in [-0.2, 0) is 17.8 Å². The van der Waals surface area contributed by atoms with E-state index in [1.807, 2.05) is 6.92 Å². The maximum atomic E-state index is 13.0. The molecule has 0 aliphatic carbocycles. The molecule has 0 unspecified atom stereocenters. The van der Waals surface area contributed by atoms with Gasteiger partial charge < -0.3 is 10.1 Å². The lowest BCUT2D eigenvalue weighted by Crippen LogP contribution is -2.52. The highest BCUT2D eigenvalue weighted by Gasteiger charge is 2.26. The van der Waals surface area contributed by atoms with Crippen LogP contribution in [0.15, 0.2) is 42.5 Å². The van der Waals surface area contributed by atoms with Crippen molar-refractivity contribution < 1.29 is 13.9 Å². The van der Waals surface area contributed by atoms with Gasteiger partial charge in [-0.15, -0.1) is 0 Å². The molecular formula is C22H26FN3O2. The molecule has 2 heterocycles. The van der Waals surface area contributed by atoms with Crippen LogP contribution in [-0.4, -0.2) is 54.5 Å². The first-order chi connectivity index (χ1) is 13.6. The van der Waals surface area contributed by atoms with Crippen LogP contribution in [0.2, 0.25) is 0 Å². The number of nitrogens with one attached hydrogen (secondary N) is 1. The number of rotatable bonds is 5. The number of ether oxygens (including phenoxy) is 1. The minimum absolute atomic E-state index is 0.0568. The maximum absolute atomic E-state index is 13.0. The summed E-state index contributed by atoms with van der Waals surface area (Å²) in [6.45, 7) is 7.21. The van der Waals surface area contributed by atoms with Gasteiger partial charge in [-0.05, 0) is 48.4 Å². The van der Waals surface area contributed by atoms with Crippen molar-refractivity contribution in [1.82, 2.24) is 9.80 Å². The first-order valence-corrected chi connectivity index (χ1v) is 9.86. The van der Waals surface area contributed by atoms with Crippen molar-refractivity contribution in [2.45, 2.75) is 25.9 Å². The average Bonchev–Trinajstić information content (AvgIpc) is 3.17. The number of amides is 1. The normalized spacial score (nSPS) is 18.4. The molecule has 1 N–H and O–H groups in total. The van der Waals surface area contributed by atoms with Crippen molar-refractivity contribution in [3.05, 3.63) is 59.4 Å². The van der Waals surface area contributed by atoms with Crippen LogP contribution in [0.25, 0.3) is 0 Å². The molecule has 1 atom stereocenters. The Bertz CT molecular complexity index is 832. The third-order valence-corrected chi connectivity index (χ3v) is 5.61. The zero-order valence-corrected chi connectivity index (χ0v) is 16.2. The summed E-state index contributed by atoms with van der Waals surface area (Å²) in [6, 6.07) is 12.1. The van der Waals surface area contributed by atoms with Crippen molar-refractivity contribution in [2.75, 3.05) is 38.1 Å². The van der Waals surface area contributed by atoms with Gasteiger partial charge in [0.05, 0.1) is 12.6 Å². The third kappa shape index (κ3) is 4.34. The number of hydrogen-bond donors (Lipinski definition) is 1. The Morgan fingerprint density at radius 3 is 2.64 bits per heavy atom. The van der Waals surface area contributed by atoms with Crippen LogP contribution in [0.4, 0.5) is 10.1 Å². The molecule has 28 heavy (non-hydrogen) atoms. The van der Waals surface area contributed by atoms with Crippen LogP contribution in [0.3, 0.4) is 0 Å². The molecule has 0 saturated carbocycles. The Labute approximate surface area is 165 Å². The second-order valence-corrected chi connectivity index (χ2v) is 7.52. The fourth-order valence-corrected chi connectivity index (χ4v) is 3.85. The number of piperazine rings is 1. The minimum Gasteiger partial charge on any atom is -0.493 e. The largest absolute Gasteiger partial charge is 0.493 e. The van der Waals surface area contributed by atoms with Crippen molar-refractivity contribution in [3.63, 3.8) is 0 Å². The third-order valence-electron chi connectivity index (χ3n) is 5.61. The quantitative estimate of drug-likeness (QED) is 0.862. The van der Waals surface area contributed by atoms with E-state index in [2.05, 4.69) is 33.3 Å². The highest BCUT2D eigenvalue weighted by Crippen LogP contribution is 2.26. The van der Waals surface area contributed by atoms with Gasteiger partial charge in [0.2, 0.25) is 5.91 Å². The first kappa shape index (κ1) is 18.9. The topological polar surface area (TPSA) is 44.8 Å². The number of hydrogen-bond acceptors (Lipinski definition) is 4. The molecule has 6 heteroatoms. The monoisotopic (exact) mass is 383 g/mol. The Morgan fingerprint density at radius 2 is 1.89 bits per heavy atom. The molecule has 2 aromatic carbocycles. The van der Waals surface area contributed by atoms with E-state index < -0.39 is 0 Å². The maximum Gasteiger partial charge on any atom is 0.241 e. The summed E-state index contributed by atoms with van der Waals surface area (Å²) in [5.41, 5.74) is 3.25. The van der Waals surface area contributed by atoms with E-state index >= 15 is 0 Å². The average molecular weight is 383 g/mol. The van der Waals surface area contributed by atoms with Gasteiger partial charge in [-0.2, -0.15) is 0 Å². The molecule has 0 aromatic heterocycles. The van der Waals surface area contributed by atoms with Crippen molar-refractivity contribution >= 4 is 11.6 Å². The molecule has 0 bridgehead atoms. The summed E-state index contributed by atoms with van der Waals surface area (Å²) in [6.07, 6.45) is 0.998. The van der Waals surface area contributed by atoms with Crippen LogP contribution in [0, 0.1) is 5.82 Å². The number of halogens is 1. The van der Waals surface area contributed by atoms with Gasteiger partial charge in [-0.25, -0.2) is 4.39 Å². The van der Waals surface area contributed by atoms with E-state index in [4.69, 9.17) is 4.74 Å². The standard InChI is InChI=1S/C22H26FN3O2/c1-16(22(27)24-20-5-3-19(23)4-6-20)26-11-9-25(10-12-26)15-17-2-7-21-18(14-17)8-13-28-21/h2-7,14,16H,8-13,15H2,1H3,(H,24,27)/t16-/m1/s1. The Kier molecular flexibility index (Phi) is 5.59. The lowest BCUT2D eigenvalue weighted by molar-refractivity contribution is -0.121. The second kappa shape index (κ2) is 8.29. The van der Waals surface area contributed by atoms with E-state index in [1.165, 1.54) is 23.3 Å². The summed E-state index contributed by atoms with van der Waals surface area (Å²) in [7, 11) is 0. The number of carbonyl (C=O) groups excluding carboxylic acids is 1. The lowest BCUT2D eigenvalue weighted by Gasteiger charge is -2.37. The van der Waals surface area contributed by atoms with E-state index in [0.717, 1.165) is 51.5 Å². The smallest absolute Gasteiger partial charge is 0.241 e. The molecule has 2 aromatic rings. The molecule has 1 amide bonds. The molecule has 2 aliphatic rings. The van der Waals surface area contributed by atoms with Gasteiger partial charge in [-0.1, -0.05) is 12.1 Å². The summed E-state index contributed by atoms with van der Waals surface area (Å²) >= 11 is 0.